The van der Waals surface area contributed by atoms with Crippen LogP contribution < -0.4 is 15.5 Å². The number of carbonyl (C=O) groups is 2. The van der Waals surface area contributed by atoms with Crippen molar-refractivity contribution < 1.29 is 9.59 Å². The van der Waals surface area contributed by atoms with Gasteiger partial charge in [0.05, 0.1) is 17.3 Å². The Morgan fingerprint density at radius 1 is 1.11 bits per heavy atom. The molecule has 152 valence electrons. The summed E-state index contributed by atoms with van der Waals surface area (Å²) in [5.74, 6) is 0.653. The lowest BCUT2D eigenvalue weighted by Gasteiger charge is -2.34. The number of amides is 3. The molecule has 1 unspecified atom stereocenters. The first kappa shape index (κ1) is 19.4. The molecule has 0 radical (unpaired) electrons. The average molecular weight is 405 g/mol. The molecule has 3 amide bonds. The summed E-state index contributed by atoms with van der Waals surface area (Å²) in [6.45, 7) is 2.49. The molecular formula is C21H29ClN4O2. The van der Waals surface area contributed by atoms with Gasteiger partial charge in [-0.25, -0.2) is 4.79 Å². The van der Waals surface area contributed by atoms with Crippen LogP contribution in [0.3, 0.4) is 0 Å². The fraction of sp³-hybridized carbons (Fsp3) is 0.619. The van der Waals surface area contributed by atoms with E-state index in [2.05, 4.69) is 10.6 Å². The summed E-state index contributed by atoms with van der Waals surface area (Å²) in [6.07, 6.45) is 8.63. The molecule has 0 spiro atoms. The molecule has 0 bridgehead atoms. The van der Waals surface area contributed by atoms with Gasteiger partial charge in [0.25, 0.3) is 0 Å². The van der Waals surface area contributed by atoms with Crippen molar-refractivity contribution >= 4 is 34.9 Å². The third-order valence-corrected chi connectivity index (χ3v) is 6.63. The minimum atomic E-state index is -0.0192. The number of rotatable bonds is 3. The normalized spacial score (nSPS) is 23.6. The van der Waals surface area contributed by atoms with Crippen LogP contribution in [0.2, 0.25) is 5.02 Å². The van der Waals surface area contributed by atoms with Crippen molar-refractivity contribution in [3.63, 3.8) is 0 Å². The Bertz CT molecular complexity index is 735. The highest BCUT2D eigenvalue weighted by molar-refractivity contribution is 6.33. The van der Waals surface area contributed by atoms with Crippen molar-refractivity contribution in [1.29, 1.82) is 0 Å². The number of hydrogen-bond acceptors (Lipinski definition) is 3. The highest BCUT2D eigenvalue weighted by Crippen LogP contribution is 2.35. The topological polar surface area (TPSA) is 64.7 Å². The molecule has 4 rings (SSSR count). The lowest BCUT2D eigenvalue weighted by atomic mass is 9.83. The summed E-state index contributed by atoms with van der Waals surface area (Å²) >= 11 is 6.47. The van der Waals surface area contributed by atoms with E-state index >= 15 is 0 Å². The van der Waals surface area contributed by atoms with Gasteiger partial charge in [-0.05, 0) is 49.8 Å². The van der Waals surface area contributed by atoms with Gasteiger partial charge in [-0.1, -0.05) is 30.9 Å². The predicted molar refractivity (Wildman–Crippen MR) is 112 cm³/mol. The molecule has 1 saturated carbocycles. The maximum absolute atomic E-state index is 12.9. The third-order valence-electron chi connectivity index (χ3n) is 6.33. The molecule has 7 heteroatoms. The standard InChI is InChI=1S/C21H29ClN4O2/c22-17-13-16(8-9-19(17)25-12-10-23-20(27)14-25)24-21(28)26-11-4-7-18(26)15-5-2-1-3-6-15/h8-9,13,15,18H,1-7,10-12,14H2,(H,23,27)(H,24,28). The number of piperazine rings is 1. The van der Waals surface area contributed by atoms with E-state index < -0.39 is 0 Å². The molecule has 28 heavy (non-hydrogen) atoms. The van der Waals surface area contributed by atoms with Gasteiger partial charge in [0.1, 0.15) is 0 Å². The molecule has 3 fully saturated rings. The third kappa shape index (κ3) is 4.22. The van der Waals surface area contributed by atoms with E-state index in [1.54, 1.807) is 6.07 Å². The van der Waals surface area contributed by atoms with E-state index in [4.69, 9.17) is 11.6 Å². The molecule has 2 heterocycles. The first-order valence-electron chi connectivity index (χ1n) is 10.5. The molecule has 2 saturated heterocycles. The second kappa shape index (κ2) is 8.60. The summed E-state index contributed by atoms with van der Waals surface area (Å²) in [6, 6.07) is 5.90. The molecule has 2 aliphatic heterocycles. The van der Waals surface area contributed by atoms with Gasteiger partial charge in [0, 0.05) is 31.4 Å². The van der Waals surface area contributed by atoms with E-state index in [1.165, 1.54) is 32.1 Å². The van der Waals surface area contributed by atoms with Crippen molar-refractivity contribution in [2.45, 2.75) is 51.0 Å². The summed E-state index contributed by atoms with van der Waals surface area (Å²) in [7, 11) is 0. The van der Waals surface area contributed by atoms with Crippen LogP contribution in [0.5, 0.6) is 0 Å². The molecule has 1 atom stereocenters. The number of anilines is 2. The Labute approximate surface area is 171 Å². The zero-order valence-electron chi connectivity index (χ0n) is 16.3. The number of carbonyl (C=O) groups excluding carboxylic acids is 2. The molecule has 0 aromatic heterocycles. The van der Waals surface area contributed by atoms with Crippen molar-refractivity contribution in [1.82, 2.24) is 10.2 Å². The minimum absolute atomic E-state index is 0.00230. The first-order chi connectivity index (χ1) is 13.6. The van der Waals surface area contributed by atoms with Crippen LogP contribution in [-0.2, 0) is 4.79 Å². The molecule has 2 N–H and O–H groups in total. The van der Waals surface area contributed by atoms with E-state index in [-0.39, 0.29) is 11.9 Å². The molecule has 1 aromatic rings. The van der Waals surface area contributed by atoms with Crippen molar-refractivity contribution in [2.75, 3.05) is 36.4 Å². The summed E-state index contributed by atoms with van der Waals surface area (Å²) in [5, 5.41) is 6.41. The van der Waals surface area contributed by atoms with Crippen molar-refractivity contribution in [3.8, 4) is 0 Å². The number of benzene rings is 1. The number of nitrogens with one attached hydrogen (secondary N) is 2. The lowest BCUT2D eigenvalue weighted by Crippen LogP contribution is -2.47. The molecular weight excluding hydrogens is 376 g/mol. The monoisotopic (exact) mass is 404 g/mol. The summed E-state index contributed by atoms with van der Waals surface area (Å²) in [4.78, 5) is 28.5. The molecule has 3 aliphatic rings. The Morgan fingerprint density at radius 2 is 1.93 bits per heavy atom. The first-order valence-corrected chi connectivity index (χ1v) is 10.9. The maximum Gasteiger partial charge on any atom is 0.322 e. The summed E-state index contributed by atoms with van der Waals surface area (Å²) < 4.78 is 0. The van der Waals surface area contributed by atoms with Gasteiger partial charge in [0.15, 0.2) is 0 Å². The minimum Gasteiger partial charge on any atom is -0.359 e. The number of urea groups is 1. The van der Waals surface area contributed by atoms with Crippen molar-refractivity contribution in [2.24, 2.45) is 5.92 Å². The number of likely N-dealkylation sites (tertiary alicyclic amines) is 1. The van der Waals surface area contributed by atoms with Crippen LogP contribution in [0.4, 0.5) is 16.2 Å². The van der Waals surface area contributed by atoms with E-state index in [0.717, 1.165) is 31.6 Å². The van der Waals surface area contributed by atoms with Gasteiger partial charge in [-0.2, -0.15) is 0 Å². The Hall–Kier alpha value is -1.95. The Kier molecular flexibility index (Phi) is 5.95. The van der Waals surface area contributed by atoms with Crippen LogP contribution in [-0.4, -0.2) is 49.1 Å². The second-order valence-corrected chi connectivity index (χ2v) is 8.58. The zero-order valence-corrected chi connectivity index (χ0v) is 17.0. The van der Waals surface area contributed by atoms with Gasteiger partial charge in [-0.15, -0.1) is 0 Å². The van der Waals surface area contributed by atoms with Gasteiger partial charge < -0.3 is 20.4 Å². The molecule has 1 aliphatic carbocycles. The highest BCUT2D eigenvalue weighted by atomic mass is 35.5. The van der Waals surface area contributed by atoms with Crippen molar-refractivity contribution in [3.05, 3.63) is 23.2 Å². The maximum atomic E-state index is 12.9. The fourth-order valence-electron chi connectivity index (χ4n) is 4.93. The Balaban J connectivity index is 1.41. The van der Waals surface area contributed by atoms with E-state index in [1.807, 2.05) is 21.9 Å². The van der Waals surface area contributed by atoms with Gasteiger partial charge >= 0.3 is 6.03 Å². The SMILES string of the molecule is O=C1CN(c2ccc(NC(=O)N3CCCC3C3CCCCC3)cc2Cl)CCN1. The number of hydrogen-bond donors (Lipinski definition) is 2. The Morgan fingerprint density at radius 3 is 2.68 bits per heavy atom. The quantitative estimate of drug-likeness (QED) is 0.804. The highest BCUT2D eigenvalue weighted by Gasteiger charge is 2.35. The smallest absolute Gasteiger partial charge is 0.322 e. The van der Waals surface area contributed by atoms with Crippen LogP contribution in [0.15, 0.2) is 18.2 Å². The van der Waals surface area contributed by atoms with Crippen LogP contribution in [0.1, 0.15) is 44.9 Å². The fourth-order valence-corrected chi connectivity index (χ4v) is 5.23. The lowest BCUT2D eigenvalue weighted by molar-refractivity contribution is -0.120. The van der Waals surface area contributed by atoms with Gasteiger partial charge in [-0.3, -0.25) is 4.79 Å². The van der Waals surface area contributed by atoms with Crippen LogP contribution in [0.25, 0.3) is 0 Å². The second-order valence-electron chi connectivity index (χ2n) is 8.17. The van der Waals surface area contributed by atoms with Crippen LogP contribution in [0, 0.1) is 5.92 Å². The zero-order chi connectivity index (χ0) is 19.5. The number of halogens is 1. The largest absolute Gasteiger partial charge is 0.359 e. The van der Waals surface area contributed by atoms with Gasteiger partial charge in [0.2, 0.25) is 5.91 Å². The number of nitrogens with zero attached hydrogens (tertiary/aromatic N) is 2. The molecule has 6 nitrogen and oxygen atoms in total. The van der Waals surface area contributed by atoms with Crippen LogP contribution >= 0.6 is 11.6 Å². The average Bonchev–Trinajstić information content (AvgIpc) is 3.19. The predicted octanol–water partition coefficient (Wildman–Crippen LogP) is 3.85. The van der Waals surface area contributed by atoms with E-state index in [0.29, 0.717) is 35.8 Å². The van der Waals surface area contributed by atoms with E-state index in [9.17, 15) is 9.59 Å². The summed E-state index contributed by atoms with van der Waals surface area (Å²) in [5.41, 5.74) is 1.53. The molecule has 1 aromatic carbocycles.